The number of pyridine rings is 1. The maximum absolute atomic E-state index is 9.88. The van der Waals surface area contributed by atoms with Crippen LogP contribution in [0, 0.1) is 11.3 Å². The molecule has 7 heteroatoms. The van der Waals surface area contributed by atoms with E-state index in [9.17, 15) is 5.26 Å². The highest BCUT2D eigenvalue weighted by Crippen LogP contribution is 2.37. The zero-order chi connectivity index (χ0) is 20.1. The summed E-state index contributed by atoms with van der Waals surface area (Å²) >= 11 is 0. The Hall–Kier alpha value is -2.82. The maximum atomic E-state index is 9.88. The molecule has 2 N–H and O–H groups in total. The number of nitrogens with one attached hydrogen (secondary N) is 2. The van der Waals surface area contributed by atoms with Crippen molar-refractivity contribution < 1.29 is 14.2 Å². The number of aromatic nitrogens is 1. The molecular weight excluding hydrogens is 356 g/mol. The smallest absolute Gasteiger partial charge is 0.151 e. The molecule has 1 aliphatic rings. The van der Waals surface area contributed by atoms with E-state index in [1.54, 1.807) is 14.2 Å². The monoisotopic (exact) mass is 382 g/mol. The fourth-order valence-corrected chi connectivity index (χ4v) is 3.21. The largest absolute Gasteiger partial charge is 0.497 e. The second-order valence-electron chi connectivity index (χ2n) is 7.25. The van der Waals surface area contributed by atoms with Crippen LogP contribution in [0.1, 0.15) is 30.5 Å². The zero-order valence-corrected chi connectivity index (χ0v) is 16.8. The average molecular weight is 382 g/mol. The minimum absolute atomic E-state index is 0.332. The molecule has 1 aliphatic heterocycles. The van der Waals surface area contributed by atoms with Gasteiger partial charge in [0.15, 0.2) is 5.82 Å². The number of benzene rings is 1. The van der Waals surface area contributed by atoms with Crippen LogP contribution in [0.4, 0.5) is 17.3 Å². The Labute approximate surface area is 165 Å². The van der Waals surface area contributed by atoms with Gasteiger partial charge in [-0.2, -0.15) is 5.26 Å². The molecule has 148 valence electrons. The van der Waals surface area contributed by atoms with Crippen molar-refractivity contribution in [1.29, 1.82) is 5.26 Å². The van der Waals surface area contributed by atoms with Gasteiger partial charge in [-0.3, -0.25) is 0 Å². The van der Waals surface area contributed by atoms with E-state index in [0.717, 1.165) is 28.4 Å². The van der Waals surface area contributed by atoms with E-state index >= 15 is 0 Å². The highest BCUT2D eigenvalue weighted by Gasteiger charge is 2.31. The Balaban J connectivity index is 2.02. The van der Waals surface area contributed by atoms with Gasteiger partial charge in [-0.05, 0) is 43.7 Å². The summed E-state index contributed by atoms with van der Waals surface area (Å²) in [6.07, 6.45) is 0.643. The van der Waals surface area contributed by atoms with Crippen molar-refractivity contribution >= 4 is 17.3 Å². The van der Waals surface area contributed by atoms with Crippen LogP contribution in [-0.4, -0.2) is 38.0 Å². The molecule has 0 radical (unpaired) electrons. The van der Waals surface area contributed by atoms with Crippen molar-refractivity contribution in [2.75, 3.05) is 38.0 Å². The van der Waals surface area contributed by atoms with E-state index in [-0.39, 0.29) is 5.60 Å². The van der Waals surface area contributed by atoms with E-state index in [4.69, 9.17) is 19.2 Å². The first kappa shape index (κ1) is 19.9. The summed E-state index contributed by atoms with van der Waals surface area (Å²) in [4.78, 5) is 4.70. The van der Waals surface area contributed by atoms with Gasteiger partial charge in [0.1, 0.15) is 17.6 Å². The Morgan fingerprint density at radius 2 is 1.93 bits per heavy atom. The van der Waals surface area contributed by atoms with Crippen LogP contribution in [0.25, 0.3) is 0 Å². The zero-order valence-electron chi connectivity index (χ0n) is 16.8. The summed E-state index contributed by atoms with van der Waals surface area (Å²) in [5.41, 5.74) is 2.97. The molecule has 0 amide bonds. The Morgan fingerprint density at radius 1 is 1.18 bits per heavy atom. The lowest BCUT2D eigenvalue weighted by molar-refractivity contribution is -0.0399. The first-order valence-electron chi connectivity index (χ1n) is 9.21. The van der Waals surface area contributed by atoms with Crippen LogP contribution in [0.5, 0.6) is 5.75 Å². The van der Waals surface area contributed by atoms with Crippen molar-refractivity contribution in [2.24, 2.45) is 0 Å². The predicted molar refractivity (Wildman–Crippen MR) is 108 cm³/mol. The van der Waals surface area contributed by atoms with Gasteiger partial charge in [-0.15, -0.1) is 0 Å². The second-order valence-corrected chi connectivity index (χ2v) is 7.25. The van der Waals surface area contributed by atoms with Crippen molar-refractivity contribution in [3.8, 4) is 11.8 Å². The van der Waals surface area contributed by atoms with Gasteiger partial charge >= 0.3 is 0 Å². The number of rotatable bonds is 7. The van der Waals surface area contributed by atoms with Gasteiger partial charge in [-0.25, -0.2) is 4.98 Å². The van der Waals surface area contributed by atoms with Gasteiger partial charge in [-0.1, -0.05) is 0 Å². The molecule has 0 saturated heterocycles. The van der Waals surface area contributed by atoms with E-state index in [2.05, 4.69) is 16.7 Å². The van der Waals surface area contributed by atoms with E-state index in [1.807, 2.05) is 38.1 Å². The highest BCUT2D eigenvalue weighted by molar-refractivity contribution is 5.70. The Kier molecular flexibility index (Phi) is 6.02. The lowest BCUT2D eigenvalue weighted by atomic mass is 9.89. The molecule has 0 saturated carbocycles. The SMILES string of the molecule is COCCNc1nc(Nc2ccc(OC)cc2)c(C#N)c2c1COC(C)(C)C2. The van der Waals surface area contributed by atoms with Gasteiger partial charge in [0.05, 0.1) is 31.5 Å². The molecule has 1 aromatic carbocycles. The minimum atomic E-state index is -0.332. The number of ether oxygens (including phenoxy) is 3. The average Bonchev–Trinajstić information content (AvgIpc) is 2.68. The molecule has 1 aromatic heterocycles. The first-order chi connectivity index (χ1) is 13.5. The van der Waals surface area contributed by atoms with Crippen molar-refractivity contribution in [3.05, 3.63) is 41.0 Å². The summed E-state index contributed by atoms with van der Waals surface area (Å²) in [6, 6.07) is 9.86. The fourth-order valence-electron chi connectivity index (χ4n) is 3.21. The summed E-state index contributed by atoms with van der Waals surface area (Å²) < 4.78 is 16.3. The third-order valence-electron chi connectivity index (χ3n) is 4.69. The molecule has 7 nitrogen and oxygen atoms in total. The first-order valence-corrected chi connectivity index (χ1v) is 9.21. The third kappa shape index (κ3) is 4.35. The Bertz CT molecular complexity index is 873. The summed E-state index contributed by atoms with van der Waals surface area (Å²) in [7, 11) is 3.29. The molecule has 2 heterocycles. The van der Waals surface area contributed by atoms with Crippen LogP contribution in [0.2, 0.25) is 0 Å². The molecule has 3 rings (SSSR count). The summed E-state index contributed by atoms with van der Waals surface area (Å²) in [5.74, 6) is 2.02. The maximum Gasteiger partial charge on any atom is 0.151 e. The minimum Gasteiger partial charge on any atom is -0.497 e. The molecule has 0 fully saturated rings. The van der Waals surface area contributed by atoms with E-state index < -0.39 is 0 Å². The number of nitriles is 1. The van der Waals surface area contributed by atoms with Crippen molar-refractivity contribution in [2.45, 2.75) is 32.5 Å². The molecule has 0 aliphatic carbocycles. The van der Waals surface area contributed by atoms with E-state index in [0.29, 0.717) is 37.6 Å². The number of hydrogen-bond donors (Lipinski definition) is 2. The van der Waals surface area contributed by atoms with Crippen molar-refractivity contribution in [1.82, 2.24) is 4.98 Å². The van der Waals surface area contributed by atoms with Crippen molar-refractivity contribution in [3.63, 3.8) is 0 Å². The molecular formula is C21H26N4O3. The quantitative estimate of drug-likeness (QED) is 0.707. The number of anilines is 3. The van der Waals surface area contributed by atoms with Crippen LogP contribution in [0.15, 0.2) is 24.3 Å². The molecule has 0 spiro atoms. The van der Waals surface area contributed by atoms with Crippen LogP contribution in [0.3, 0.4) is 0 Å². The number of fused-ring (bicyclic) bond motifs is 1. The number of nitrogens with zero attached hydrogens (tertiary/aromatic N) is 2. The number of methoxy groups -OCH3 is 2. The Morgan fingerprint density at radius 3 is 2.57 bits per heavy atom. The van der Waals surface area contributed by atoms with Gasteiger partial charge in [0, 0.05) is 31.3 Å². The normalized spacial score (nSPS) is 14.7. The predicted octanol–water partition coefficient (Wildman–Crippen LogP) is 3.62. The fraction of sp³-hybridized carbons (Fsp3) is 0.429. The van der Waals surface area contributed by atoms with Gasteiger partial charge in [0.25, 0.3) is 0 Å². The second kappa shape index (κ2) is 8.46. The highest BCUT2D eigenvalue weighted by atomic mass is 16.5. The third-order valence-corrected chi connectivity index (χ3v) is 4.69. The van der Waals surface area contributed by atoms with Crippen LogP contribution >= 0.6 is 0 Å². The van der Waals surface area contributed by atoms with Gasteiger partial charge in [0.2, 0.25) is 0 Å². The number of hydrogen-bond acceptors (Lipinski definition) is 7. The molecule has 0 bridgehead atoms. The molecule has 2 aromatic rings. The molecule has 0 atom stereocenters. The van der Waals surface area contributed by atoms with E-state index in [1.165, 1.54) is 0 Å². The summed E-state index contributed by atoms with van der Waals surface area (Å²) in [6.45, 7) is 5.66. The van der Waals surface area contributed by atoms with Gasteiger partial charge < -0.3 is 24.8 Å². The van der Waals surface area contributed by atoms with Crippen LogP contribution in [-0.2, 0) is 22.5 Å². The lowest BCUT2D eigenvalue weighted by Crippen LogP contribution is -2.33. The topological polar surface area (TPSA) is 88.4 Å². The molecule has 28 heavy (non-hydrogen) atoms. The van der Waals surface area contributed by atoms with Crippen LogP contribution < -0.4 is 15.4 Å². The lowest BCUT2D eigenvalue weighted by Gasteiger charge is -2.33. The summed E-state index contributed by atoms with van der Waals surface area (Å²) in [5, 5.41) is 16.5. The standard InChI is InChI=1S/C21H26N4O3/c1-21(2)11-16-17(12-22)20(24-14-5-7-15(27-4)8-6-14)25-19(18(16)13-28-21)23-9-10-26-3/h5-8H,9-11,13H2,1-4H3,(H2,23,24,25). The molecule has 0 unspecified atom stereocenters.